The second-order valence-electron chi connectivity index (χ2n) is 7.28. The molecule has 124 valence electrons. The molecule has 1 saturated heterocycles. The third-order valence-electron chi connectivity index (χ3n) is 5.54. The predicted molar refractivity (Wildman–Crippen MR) is 87.7 cm³/mol. The molecule has 2 atom stereocenters. The summed E-state index contributed by atoms with van der Waals surface area (Å²) in [5, 5.41) is 3.52. The number of nitrogens with zero attached hydrogens (tertiary/aromatic N) is 1. The molecule has 1 saturated carbocycles. The third-order valence-corrected chi connectivity index (χ3v) is 6.81. The lowest BCUT2D eigenvalue weighted by Crippen LogP contribution is -2.43. The van der Waals surface area contributed by atoms with E-state index in [1.165, 1.54) is 38.4 Å². The van der Waals surface area contributed by atoms with E-state index in [9.17, 15) is 8.42 Å². The van der Waals surface area contributed by atoms with Gasteiger partial charge in [0.25, 0.3) is 0 Å². The Labute approximate surface area is 130 Å². The van der Waals surface area contributed by atoms with Crippen LogP contribution < -0.4 is 5.32 Å². The molecule has 0 radical (unpaired) electrons. The summed E-state index contributed by atoms with van der Waals surface area (Å²) < 4.78 is 25.1. The van der Waals surface area contributed by atoms with Crippen molar-refractivity contribution in [1.82, 2.24) is 9.62 Å². The molecule has 2 fully saturated rings. The van der Waals surface area contributed by atoms with Gasteiger partial charge < -0.3 is 5.32 Å². The first kappa shape index (κ1) is 17.2. The third kappa shape index (κ3) is 4.93. The smallest absolute Gasteiger partial charge is 0.211 e. The van der Waals surface area contributed by atoms with Gasteiger partial charge in [-0.2, -0.15) is 0 Å². The summed E-state index contributed by atoms with van der Waals surface area (Å²) in [7, 11) is -0.951. The maximum absolute atomic E-state index is 11.7. The molecule has 2 unspecified atom stereocenters. The van der Waals surface area contributed by atoms with E-state index in [0.29, 0.717) is 18.5 Å². The second-order valence-corrected chi connectivity index (χ2v) is 9.26. The molecule has 0 spiro atoms. The van der Waals surface area contributed by atoms with E-state index in [2.05, 4.69) is 19.3 Å². The van der Waals surface area contributed by atoms with Gasteiger partial charge in [-0.1, -0.05) is 19.8 Å². The van der Waals surface area contributed by atoms with Crippen molar-refractivity contribution in [2.75, 3.05) is 26.4 Å². The highest BCUT2D eigenvalue weighted by molar-refractivity contribution is 7.88. The first-order valence-corrected chi connectivity index (χ1v) is 10.4. The molecule has 0 aromatic heterocycles. The zero-order chi connectivity index (χ0) is 15.5. The largest absolute Gasteiger partial charge is 0.317 e. The van der Waals surface area contributed by atoms with Crippen LogP contribution in [-0.4, -0.2) is 45.2 Å². The van der Waals surface area contributed by atoms with E-state index in [4.69, 9.17) is 0 Å². The maximum atomic E-state index is 11.7. The SMILES string of the molecule is CNC(CC1CCCN(S(C)(=O)=O)C1)C1CCC(C)CC1. The first-order valence-electron chi connectivity index (χ1n) is 8.52. The molecule has 1 aliphatic heterocycles. The number of sulfonamides is 1. The Hall–Kier alpha value is -0.130. The molecule has 5 heteroatoms. The summed E-state index contributed by atoms with van der Waals surface area (Å²) in [6.07, 6.45) is 10.0. The van der Waals surface area contributed by atoms with Gasteiger partial charge in [-0.25, -0.2) is 12.7 Å². The van der Waals surface area contributed by atoms with Crippen LogP contribution in [0.25, 0.3) is 0 Å². The second kappa shape index (κ2) is 7.42. The highest BCUT2D eigenvalue weighted by Gasteiger charge is 2.31. The molecule has 1 aliphatic carbocycles. The van der Waals surface area contributed by atoms with Crippen LogP contribution in [0.2, 0.25) is 0 Å². The van der Waals surface area contributed by atoms with Crippen molar-refractivity contribution in [2.45, 2.75) is 57.9 Å². The van der Waals surface area contributed by atoms with Gasteiger partial charge in [0.05, 0.1) is 6.26 Å². The molecule has 1 N–H and O–H groups in total. The normalized spacial score (nSPS) is 33.8. The monoisotopic (exact) mass is 316 g/mol. The first-order chi connectivity index (χ1) is 9.90. The van der Waals surface area contributed by atoms with E-state index in [-0.39, 0.29) is 0 Å². The van der Waals surface area contributed by atoms with E-state index in [1.54, 1.807) is 4.31 Å². The highest BCUT2D eigenvalue weighted by Crippen LogP contribution is 2.33. The minimum absolute atomic E-state index is 0.519. The summed E-state index contributed by atoms with van der Waals surface area (Å²) in [4.78, 5) is 0. The Kier molecular flexibility index (Phi) is 6.09. The number of rotatable bonds is 5. The van der Waals surface area contributed by atoms with Gasteiger partial charge in [0.15, 0.2) is 0 Å². The highest BCUT2D eigenvalue weighted by atomic mass is 32.2. The zero-order valence-corrected chi connectivity index (χ0v) is 14.7. The minimum Gasteiger partial charge on any atom is -0.317 e. The number of hydrogen-bond acceptors (Lipinski definition) is 3. The van der Waals surface area contributed by atoms with Crippen molar-refractivity contribution in [1.29, 1.82) is 0 Å². The minimum atomic E-state index is -3.02. The lowest BCUT2D eigenvalue weighted by molar-refractivity contribution is 0.182. The molecule has 21 heavy (non-hydrogen) atoms. The van der Waals surface area contributed by atoms with Crippen molar-refractivity contribution in [3.05, 3.63) is 0 Å². The van der Waals surface area contributed by atoms with E-state index >= 15 is 0 Å². The molecular weight excluding hydrogens is 284 g/mol. The average Bonchev–Trinajstić information content (AvgIpc) is 2.45. The standard InChI is InChI=1S/C16H32N2O2S/c1-13-6-8-15(9-7-13)16(17-2)11-14-5-4-10-18(12-14)21(3,19)20/h13-17H,4-12H2,1-3H3. The van der Waals surface area contributed by atoms with Crippen molar-refractivity contribution >= 4 is 10.0 Å². The van der Waals surface area contributed by atoms with Gasteiger partial charge in [-0.15, -0.1) is 0 Å². The van der Waals surface area contributed by atoms with Crippen molar-refractivity contribution in [2.24, 2.45) is 17.8 Å². The molecular formula is C16H32N2O2S. The fraction of sp³-hybridized carbons (Fsp3) is 1.00. The van der Waals surface area contributed by atoms with Gasteiger partial charge in [-0.3, -0.25) is 0 Å². The van der Waals surface area contributed by atoms with E-state index in [0.717, 1.165) is 31.2 Å². The molecule has 1 heterocycles. The van der Waals surface area contributed by atoms with Crippen molar-refractivity contribution < 1.29 is 8.42 Å². The molecule has 0 bridgehead atoms. The fourth-order valence-corrected chi connectivity index (χ4v) is 5.06. The average molecular weight is 317 g/mol. The Bertz CT molecular complexity index is 416. The van der Waals surface area contributed by atoms with Gasteiger partial charge in [0, 0.05) is 19.1 Å². The van der Waals surface area contributed by atoms with Crippen LogP contribution in [-0.2, 0) is 10.0 Å². The summed E-state index contributed by atoms with van der Waals surface area (Å²) in [5.74, 6) is 2.18. The number of nitrogens with one attached hydrogen (secondary N) is 1. The Balaban J connectivity index is 1.89. The molecule has 0 aromatic carbocycles. The van der Waals surface area contributed by atoms with Crippen LogP contribution in [0.15, 0.2) is 0 Å². The van der Waals surface area contributed by atoms with Gasteiger partial charge in [0.1, 0.15) is 0 Å². The van der Waals surface area contributed by atoms with Crippen molar-refractivity contribution in [3.63, 3.8) is 0 Å². The lowest BCUT2D eigenvalue weighted by atomic mass is 9.76. The Morgan fingerprint density at radius 2 is 1.86 bits per heavy atom. The molecule has 2 rings (SSSR count). The van der Waals surface area contributed by atoms with Gasteiger partial charge in [0.2, 0.25) is 10.0 Å². The Morgan fingerprint density at radius 3 is 2.43 bits per heavy atom. The lowest BCUT2D eigenvalue weighted by Gasteiger charge is -2.37. The summed E-state index contributed by atoms with van der Waals surface area (Å²) >= 11 is 0. The molecule has 2 aliphatic rings. The van der Waals surface area contributed by atoms with Crippen LogP contribution >= 0.6 is 0 Å². The number of hydrogen-bond donors (Lipinski definition) is 1. The van der Waals surface area contributed by atoms with Crippen LogP contribution in [0.1, 0.15) is 51.9 Å². The Morgan fingerprint density at radius 1 is 1.19 bits per heavy atom. The van der Waals surface area contributed by atoms with Crippen LogP contribution in [0.5, 0.6) is 0 Å². The molecule has 0 amide bonds. The van der Waals surface area contributed by atoms with Crippen molar-refractivity contribution in [3.8, 4) is 0 Å². The van der Waals surface area contributed by atoms with E-state index in [1.807, 2.05) is 0 Å². The van der Waals surface area contributed by atoms with Crippen LogP contribution in [0, 0.1) is 17.8 Å². The summed E-state index contributed by atoms with van der Waals surface area (Å²) in [5.41, 5.74) is 0. The quantitative estimate of drug-likeness (QED) is 0.847. The number of piperidine rings is 1. The molecule has 4 nitrogen and oxygen atoms in total. The van der Waals surface area contributed by atoms with E-state index < -0.39 is 10.0 Å². The van der Waals surface area contributed by atoms with Crippen LogP contribution in [0.4, 0.5) is 0 Å². The zero-order valence-electron chi connectivity index (χ0n) is 13.8. The van der Waals surface area contributed by atoms with Gasteiger partial charge in [-0.05, 0) is 56.9 Å². The molecule has 0 aromatic rings. The van der Waals surface area contributed by atoms with Crippen LogP contribution in [0.3, 0.4) is 0 Å². The summed E-state index contributed by atoms with van der Waals surface area (Å²) in [6, 6.07) is 0.557. The van der Waals surface area contributed by atoms with Gasteiger partial charge >= 0.3 is 0 Å². The predicted octanol–water partition coefficient (Wildman–Crippen LogP) is 2.46. The fourth-order valence-electron chi connectivity index (χ4n) is 4.11. The summed E-state index contributed by atoms with van der Waals surface area (Å²) in [6.45, 7) is 3.79. The maximum Gasteiger partial charge on any atom is 0.211 e. The topological polar surface area (TPSA) is 49.4 Å².